The Morgan fingerprint density at radius 2 is 1.83 bits per heavy atom. The lowest BCUT2D eigenvalue weighted by atomic mass is 9.84. The van der Waals surface area contributed by atoms with Gasteiger partial charge in [0.05, 0.1) is 13.7 Å². The van der Waals surface area contributed by atoms with E-state index in [0.717, 1.165) is 22.4 Å². The molecule has 0 aliphatic heterocycles. The monoisotopic (exact) mass is 328 g/mol. The highest BCUT2D eigenvalue weighted by molar-refractivity contribution is 5.86. The molecule has 0 saturated heterocycles. The first kappa shape index (κ1) is 17.8. The molecule has 1 aromatic heterocycles. The Balaban J connectivity index is 2.45. The molecule has 0 bridgehead atoms. The van der Waals surface area contributed by atoms with Crippen LogP contribution in [0, 0.1) is 6.92 Å². The Bertz CT molecular complexity index is 718. The quantitative estimate of drug-likeness (QED) is 0.904. The van der Waals surface area contributed by atoms with E-state index < -0.39 is 6.09 Å². The summed E-state index contributed by atoms with van der Waals surface area (Å²) in [6.45, 7) is 8.41. The van der Waals surface area contributed by atoms with Crippen LogP contribution in [0.25, 0.3) is 0 Å². The molecule has 2 rings (SSSR count). The summed E-state index contributed by atoms with van der Waals surface area (Å²) in [4.78, 5) is 17.6. The van der Waals surface area contributed by atoms with Gasteiger partial charge in [-0.25, -0.2) is 9.78 Å². The second-order valence-corrected chi connectivity index (χ2v) is 6.79. The van der Waals surface area contributed by atoms with Gasteiger partial charge in [-0.3, -0.25) is 4.90 Å². The number of pyridine rings is 1. The van der Waals surface area contributed by atoms with Crippen LogP contribution in [0.15, 0.2) is 36.5 Å². The summed E-state index contributed by atoms with van der Waals surface area (Å²) >= 11 is 0. The van der Waals surface area contributed by atoms with Crippen LogP contribution in [-0.4, -0.2) is 23.3 Å². The Morgan fingerprint density at radius 3 is 2.33 bits per heavy atom. The molecule has 5 nitrogen and oxygen atoms in total. The molecular weight excluding hydrogens is 304 g/mol. The molecule has 0 radical (unpaired) electrons. The van der Waals surface area contributed by atoms with E-state index in [0.29, 0.717) is 5.82 Å². The van der Waals surface area contributed by atoms with E-state index in [1.807, 2.05) is 37.3 Å². The van der Waals surface area contributed by atoms with Crippen LogP contribution in [0.1, 0.15) is 37.5 Å². The van der Waals surface area contributed by atoms with E-state index in [2.05, 4.69) is 25.8 Å². The molecule has 0 atom stereocenters. The van der Waals surface area contributed by atoms with Gasteiger partial charge in [-0.05, 0) is 41.7 Å². The van der Waals surface area contributed by atoms with Crippen LogP contribution >= 0.6 is 0 Å². The molecule has 0 aliphatic rings. The van der Waals surface area contributed by atoms with E-state index in [1.165, 1.54) is 4.90 Å². The van der Waals surface area contributed by atoms with Crippen molar-refractivity contribution in [3.8, 4) is 5.75 Å². The highest BCUT2D eigenvalue weighted by atomic mass is 16.5. The highest BCUT2D eigenvalue weighted by Gasteiger charge is 2.27. The van der Waals surface area contributed by atoms with Crippen molar-refractivity contribution in [2.24, 2.45) is 0 Å². The maximum absolute atomic E-state index is 11.9. The number of carboxylic acid groups (broad SMARTS) is 1. The van der Waals surface area contributed by atoms with Crippen LogP contribution < -0.4 is 9.64 Å². The first-order valence-corrected chi connectivity index (χ1v) is 7.83. The summed E-state index contributed by atoms with van der Waals surface area (Å²) < 4.78 is 5.14. The number of hydrogen-bond donors (Lipinski definition) is 1. The molecule has 128 valence electrons. The average Bonchev–Trinajstić information content (AvgIpc) is 2.51. The van der Waals surface area contributed by atoms with Crippen molar-refractivity contribution in [1.82, 2.24) is 4.98 Å². The fourth-order valence-corrected chi connectivity index (χ4v) is 2.82. The smallest absolute Gasteiger partial charge is 0.413 e. The van der Waals surface area contributed by atoms with Gasteiger partial charge in [-0.2, -0.15) is 0 Å². The minimum atomic E-state index is -1.02. The molecule has 2 aromatic rings. The molecule has 1 amide bonds. The Labute approximate surface area is 142 Å². The van der Waals surface area contributed by atoms with Crippen molar-refractivity contribution in [2.45, 2.75) is 39.7 Å². The SMILES string of the molecule is COc1ccc(CN(C(=O)O)c2nccc(C)c2C(C)(C)C)cc1. The maximum Gasteiger partial charge on any atom is 0.413 e. The second kappa shape index (κ2) is 6.91. The standard InChI is InChI=1S/C19H24N2O3/c1-13-10-11-20-17(16(13)19(2,3)4)21(18(22)23)12-14-6-8-15(24-5)9-7-14/h6-11H,12H2,1-5H3,(H,22,23). The van der Waals surface area contributed by atoms with Gasteiger partial charge >= 0.3 is 6.09 Å². The normalized spacial score (nSPS) is 11.2. The van der Waals surface area contributed by atoms with Crippen molar-refractivity contribution >= 4 is 11.9 Å². The molecule has 0 aliphatic carbocycles. The molecule has 1 aromatic carbocycles. The molecule has 24 heavy (non-hydrogen) atoms. The largest absolute Gasteiger partial charge is 0.497 e. The van der Waals surface area contributed by atoms with E-state index in [4.69, 9.17) is 4.74 Å². The van der Waals surface area contributed by atoms with Gasteiger partial charge in [0, 0.05) is 11.8 Å². The van der Waals surface area contributed by atoms with Crippen molar-refractivity contribution in [3.63, 3.8) is 0 Å². The first-order chi connectivity index (χ1) is 11.2. The molecule has 0 spiro atoms. The Morgan fingerprint density at radius 1 is 1.21 bits per heavy atom. The number of aromatic nitrogens is 1. The number of anilines is 1. The molecule has 1 heterocycles. The first-order valence-electron chi connectivity index (χ1n) is 7.83. The van der Waals surface area contributed by atoms with E-state index in [-0.39, 0.29) is 12.0 Å². The van der Waals surface area contributed by atoms with Crippen molar-refractivity contribution < 1.29 is 14.6 Å². The lowest BCUT2D eigenvalue weighted by Gasteiger charge is -2.29. The zero-order valence-corrected chi connectivity index (χ0v) is 14.8. The number of rotatable bonds is 4. The Hall–Kier alpha value is -2.56. The van der Waals surface area contributed by atoms with Gasteiger partial charge in [0.2, 0.25) is 0 Å². The van der Waals surface area contributed by atoms with Gasteiger partial charge in [-0.1, -0.05) is 32.9 Å². The summed E-state index contributed by atoms with van der Waals surface area (Å²) in [6, 6.07) is 9.29. The average molecular weight is 328 g/mol. The van der Waals surface area contributed by atoms with Crippen LogP contribution in [0.3, 0.4) is 0 Å². The number of benzene rings is 1. The number of carbonyl (C=O) groups is 1. The number of methoxy groups -OCH3 is 1. The molecule has 1 N–H and O–H groups in total. The maximum atomic E-state index is 11.9. The predicted octanol–water partition coefficient (Wildman–Crippen LogP) is 4.38. The summed E-state index contributed by atoms with van der Waals surface area (Å²) in [6.07, 6.45) is 0.638. The van der Waals surface area contributed by atoms with E-state index in [1.54, 1.807) is 13.3 Å². The number of hydrogen-bond acceptors (Lipinski definition) is 3. The zero-order valence-electron chi connectivity index (χ0n) is 14.8. The summed E-state index contributed by atoms with van der Waals surface area (Å²) in [5, 5.41) is 9.73. The lowest BCUT2D eigenvalue weighted by molar-refractivity contribution is 0.201. The molecule has 0 unspecified atom stereocenters. The van der Waals surface area contributed by atoms with Crippen LogP contribution in [-0.2, 0) is 12.0 Å². The van der Waals surface area contributed by atoms with Crippen molar-refractivity contribution in [3.05, 3.63) is 53.2 Å². The molecule has 0 fully saturated rings. The third-order valence-corrected chi connectivity index (χ3v) is 3.88. The topological polar surface area (TPSA) is 62.7 Å². The number of aryl methyl sites for hydroxylation is 1. The van der Waals surface area contributed by atoms with Crippen LogP contribution in [0.2, 0.25) is 0 Å². The Kier molecular flexibility index (Phi) is 5.12. The summed E-state index contributed by atoms with van der Waals surface area (Å²) in [7, 11) is 1.60. The molecule has 5 heteroatoms. The molecular formula is C19H24N2O3. The van der Waals surface area contributed by atoms with Crippen molar-refractivity contribution in [2.75, 3.05) is 12.0 Å². The summed E-state index contributed by atoms with van der Waals surface area (Å²) in [5.41, 5.74) is 2.65. The number of ether oxygens (including phenoxy) is 1. The summed E-state index contributed by atoms with van der Waals surface area (Å²) in [5.74, 6) is 1.23. The third-order valence-electron chi connectivity index (χ3n) is 3.88. The minimum Gasteiger partial charge on any atom is -0.497 e. The van der Waals surface area contributed by atoms with Crippen LogP contribution in [0.4, 0.5) is 10.6 Å². The van der Waals surface area contributed by atoms with E-state index in [9.17, 15) is 9.90 Å². The fraction of sp³-hybridized carbons (Fsp3) is 0.368. The second-order valence-electron chi connectivity index (χ2n) is 6.79. The van der Waals surface area contributed by atoms with Gasteiger partial charge in [0.15, 0.2) is 0 Å². The van der Waals surface area contributed by atoms with Gasteiger partial charge in [0.25, 0.3) is 0 Å². The minimum absolute atomic E-state index is 0.207. The predicted molar refractivity (Wildman–Crippen MR) is 94.9 cm³/mol. The molecule has 0 saturated carbocycles. The highest BCUT2D eigenvalue weighted by Crippen LogP contribution is 2.33. The lowest BCUT2D eigenvalue weighted by Crippen LogP contribution is -2.32. The van der Waals surface area contributed by atoms with Gasteiger partial charge < -0.3 is 9.84 Å². The number of amides is 1. The van der Waals surface area contributed by atoms with Gasteiger partial charge in [0.1, 0.15) is 11.6 Å². The van der Waals surface area contributed by atoms with E-state index >= 15 is 0 Å². The third kappa shape index (κ3) is 3.85. The number of nitrogens with zero attached hydrogens (tertiary/aromatic N) is 2. The van der Waals surface area contributed by atoms with Crippen molar-refractivity contribution in [1.29, 1.82) is 0 Å². The zero-order chi connectivity index (χ0) is 17.9. The van der Waals surface area contributed by atoms with Crippen LogP contribution in [0.5, 0.6) is 5.75 Å². The fourth-order valence-electron chi connectivity index (χ4n) is 2.82. The van der Waals surface area contributed by atoms with Gasteiger partial charge in [-0.15, -0.1) is 0 Å².